The second kappa shape index (κ2) is 6.38. The predicted octanol–water partition coefficient (Wildman–Crippen LogP) is 1.69. The topological polar surface area (TPSA) is 64.3 Å². The Morgan fingerprint density at radius 2 is 2.25 bits per heavy atom. The highest BCUT2D eigenvalue weighted by molar-refractivity contribution is 5.99. The van der Waals surface area contributed by atoms with Crippen LogP contribution in [0.15, 0.2) is 65.3 Å². The highest BCUT2D eigenvalue weighted by Gasteiger charge is 2.10. The van der Waals surface area contributed by atoms with Crippen LogP contribution in [-0.2, 0) is 6.54 Å². The average Bonchev–Trinajstić information content (AvgIpc) is 2.48. The lowest BCUT2D eigenvalue weighted by Gasteiger charge is -2.06. The lowest BCUT2D eigenvalue weighted by Crippen LogP contribution is -2.25. The van der Waals surface area contributed by atoms with Gasteiger partial charge in [-0.15, -0.1) is 0 Å². The molecule has 0 atom stereocenters. The zero-order valence-electron chi connectivity index (χ0n) is 10.8. The summed E-state index contributed by atoms with van der Waals surface area (Å²) in [6.45, 7) is 3.79. The molecule has 0 saturated heterocycles. The van der Waals surface area contributed by atoms with Crippen LogP contribution in [0.1, 0.15) is 15.9 Å². The zero-order chi connectivity index (χ0) is 14.4. The van der Waals surface area contributed by atoms with Gasteiger partial charge in [0.05, 0.1) is 6.54 Å². The predicted molar refractivity (Wildman–Crippen MR) is 77.1 cm³/mol. The number of carbonyl (C=O) groups excluding carboxylic acids is 1. The maximum atomic E-state index is 12.2. The molecule has 2 aromatic heterocycles. The molecule has 0 aromatic carbocycles. The number of aromatic nitrogens is 2. The molecule has 5 heteroatoms. The molecule has 2 aromatic rings. The Kier molecular flexibility index (Phi) is 4.34. The first-order valence-corrected chi connectivity index (χ1v) is 6.00. The SMILES string of the molecule is C=CC=NC(=O)c1cccn(Cc2cccnc2)c1=O. The largest absolute Gasteiger partial charge is 0.310 e. The van der Waals surface area contributed by atoms with Crippen molar-refractivity contribution in [3.05, 3.63) is 77.0 Å². The number of hydrogen-bond acceptors (Lipinski definition) is 3. The van der Waals surface area contributed by atoms with Gasteiger partial charge < -0.3 is 4.57 Å². The van der Waals surface area contributed by atoms with Crippen LogP contribution in [0.4, 0.5) is 0 Å². The molecule has 100 valence electrons. The number of pyridine rings is 2. The van der Waals surface area contributed by atoms with Crippen LogP contribution in [0, 0.1) is 0 Å². The molecule has 0 aliphatic carbocycles. The van der Waals surface area contributed by atoms with E-state index in [1.807, 2.05) is 6.07 Å². The minimum absolute atomic E-state index is 0.0366. The summed E-state index contributed by atoms with van der Waals surface area (Å²) in [7, 11) is 0. The van der Waals surface area contributed by atoms with Crippen molar-refractivity contribution in [3.63, 3.8) is 0 Å². The quantitative estimate of drug-likeness (QED) is 0.792. The van der Waals surface area contributed by atoms with E-state index in [0.29, 0.717) is 6.54 Å². The third-order valence-electron chi connectivity index (χ3n) is 2.62. The third kappa shape index (κ3) is 3.14. The molecular formula is C15H13N3O2. The molecule has 0 fully saturated rings. The summed E-state index contributed by atoms with van der Waals surface area (Å²) in [4.78, 5) is 31.6. The number of carbonyl (C=O) groups is 1. The second-order valence-corrected chi connectivity index (χ2v) is 4.04. The lowest BCUT2D eigenvalue weighted by atomic mass is 10.2. The fraction of sp³-hybridized carbons (Fsp3) is 0.0667. The molecule has 0 radical (unpaired) electrons. The Labute approximate surface area is 115 Å². The first-order chi connectivity index (χ1) is 9.72. The van der Waals surface area contributed by atoms with E-state index in [9.17, 15) is 9.59 Å². The van der Waals surface area contributed by atoms with Gasteiger partial charge in [-0.3, -0.25) is 14.6 Å². The first kappa shape index (κ1) is 13.6. The van der Waals surface area contributed by atoms with E-state index in [-0.39, 0.29) is 11.1 Å². The normalized spacial score (nSPS) is 10.6. The lowest BCUT2D eigenvalue weighted by molar-refractivity contribution is 0.100. The van der Waals surface area contributed by atoms with E-state index < -0.39 is 5.91 Å². The smallest absolute Gasteiger partial charge is 0.282 e. The molecule has 1 amide bonds. The molecule has 20 heavy (non-hydrogen) atoms. The van der Waals surface area contributed by atoms with E-state index in [1.54, 1.807) is 30.7 Å². The van der Waals surface area contributed by atoms with Crippen molar-refractivity contribution >= 4 is 12.1 Å². The summed E-state index contributed by atoms with van der Waals surface area (Å²) in [6, 6.07) is 6.77. The molecule has 2 rings (SSSR count). The number of nitrogens with zero attached hydrogens (tertiary/aromatic N) is 3. The molecule has 0 N–H and O–H groups in total. The van der Waals surface area contributed by atoms with Crippen LogP contribution in [0.5, 0.6) is 0 Å². The average molecular weight is 267 g/mol. The molecule has 0 aliphatic heterocycles. The van der Waals surface area contributed by atoms with E-state index in [0.717, 1.165) is 5.56 Å². The van der Waals surface area contributed by atoms with Crippen LogP contribution in [0.3, 0.4) is 0 Å². The van der Waals surface area contributed by atoms with Crippen molar-refractivity contribution in [2.75, 3.05) is 0 Å². The number of allylic oxidation sites excluding steroid dienone is 1. The van der Waals surface area contributed by atoms with Crippen LogP contribution in [0.2, 0.25) is 0 Å². The fourth-order valence-corrected chi connectivity index (χ4v) is 1.70. The second-order valence-electron chi connectivity index (χ2n) is 4.04. The van der Waals surface area contributed by atoms with Gasteiger partial charge in [-0.05, 0) is 23.8 Å². The number of aliphatic imine (C=N–C) groups is 1. The van der Waals surface area contributed by atoms with E-state index in [1.165, 1.54) is 22.9 Å². The maximum Gasteiger partial charge on any atom is 0.282 e. The highest BCUT2D eigenvalue weighted by Crippen LogP contribution is 2.00. The van der Waals surface area contributed by atoms with Gasteiger partial charge in [-0.2, -0.15) is 0 Å². The Balaban J connectivity index is 2.33. The minimum atomic E-state index is -0.574. The zero-order valence-corrected chi connectivity index (χ0v) is 10.8. The van der Waals surface area contributed by atoms with Gasteiger partial charge >= 0.3 is 0 Å². The van der Waals surface area contributed by atoms with Gasteiger partial charge in [-0.1, -0.05) is 18.7 Å². The molecule has 0 saturated carbocycles. The van der Waals surface area contributed by atoms with Crippen molar-refractivity contribution in [3.8, 4) is 0 Å². The Bertz CT molecular complexity index is 703. The molecule has 5 nitrogen and oxygen atoms in total. The Hall–Kier alpha value is -2.82. The van der Waals surface area contributed by atoms with E-state index >= 15 is 0 Å². The third-order valence-corrected chi connectivity index (χ3v) is 2.62. The molecule has 2 heterocycles. The first-order valence-electron chi connectivity index (χ1n) is 6.00. The number of amides is 1. The highest BCUT2D eigenvalue weighted by atomic mass is 16.2. The number of rotatable bonds is 4. The van der Waals surface area contributed by atoms with Crippen molar-refractivity contribution < 1.29 is 4.79 Å². The van der Waals surface area contributed by atoms with Crippen molar-refractivity contribution in [1.82, 2.24) is 9.55 Å². The van der Waals surface area contributed by atoms with Gasteiger partial charge in [0, 0.05) is 24.8 Å². The fourth-order valence-electron chi connectivity index (χ4n) is 1.70. The van der Waals surface area contributed by atoms with E-state index in [2.05, 4.69) is 16.6 Å². The summed E-state index contributed by atoms with van der Waals surface area (Å²) in [6.07, 6.45) is 7.62. The number of hydrogen-bond donors (Lipinski definition) is 0. The molecule has 0 bridgehead atoms. The molecule has 0 unspecified atom stereocenters. The van der Waals surface area contributed by atoms with Crippen molar-refractivity contribution in [2.45, 2.75) is 6.54 Å². The Morgan fingerprint density at radius 3 is 2.95 bits per heavy atom. The van der Waals surface area contributed by atoms with Gasteiger partial charge in [0.2, 0.25) is 0 Å². The molecule has 0 spiro atoms. The van der Waals surface area contributed by atoms with Crippen LogP contribution >= 0.6 is 0 Å². The summed E-state index contributed by atoms with van der Waals surface area (Å²) in [5.41, 5.74) is 0.547. The minimum Gasteiger partial charge on any atom is -0.310 e. The van der Waals surface area contributed by atoms with Crippen LogP contribution in [-0.4, -0.2) is 21.7 Å². The maximum absolute atomic E-state index is 12.2. The van der Waals surface area contributed by atoms with Gasteiger partial charge in [0.25, 0.3) is 11.5 Å². The monoisotopic (exact) mass is 267 g/mol. The van der Waals surface area contributed by atoms with Crippen LogP contribution < -0.4 is 5.56 Å². The summed E-state index contributed by atoms with van der Waals surface area (Å²) >= 11 is 0. The van der Waals surface area contributed by atoms with Crippen molar-refractivity contribution in [2.24, 2.45) is 4.99 Å². The van der Waals surface area contributed by atoms with E-state index in [4.69, 9.17) is 0 Å². The molecule has 0 aliphatic rings. The Morgan fingerprint density at radius 1 is 1.40 bits per heavy atom. The summed E-state index contributed by atoms with van der Waals surface area (Å²) in [5, 5.41) is 0. The summed E-state index contributed by atoms with van der Waals surface area (Å²) in [5.74, 6) is -0.574. The van der Waals surface area contributed by atoms with Crippen LogP contribution in [0.25, 0.3) is 0 Å². The molecular weight excluding hydrogens is 254 g/mol. The van der Waals surface area contributed by atoms with Gasteiger partial charge in [0.1, 0.15) is 5.56 Å². The summed E-state index contributed by atoms with van der Waals surface area (Å²) < 4.78 is 1.45. The standard InChI is InChI=1S/C15H13N3O2/c1-2-7-17-14(19)13-6-4-9-18(15(13)20)11-12-5-3-8-16-10-12/h2-10H,1,11H2. The van der Waals surface area contributed by atoms with Gasteiger partial charge in [0.15, 0.2) is 0 Å². The van der Waals surface area contributed by atoms with Gasteiger partial charge in [-0.25, -0.2) is 4.99 Å². The van der Waals surface area contributed by atoms with Crippen molar-refractivity contribution in [1.29, 1.82) is 0 Å².